The maximum absolute atomic E-state index is 13.9. The van der Waals surface area contributed by atoms with Gasteiger partial charge in [0.05, 0.1) is 16.6 Å². The number of imidazole rings is 1. The maximum atomic E-state index is 13.9. The Hall–Kier alpha value is -3.32. The summed E-state index contributed by atoms with van der Waals surface area (Å²) in [6.45, 7) is 0. The van der Waals surface area contributed by atoms with Crippen LogP contribution in [-0.4, -0.2) is 21.5 Å². The van der Waals surface area contributed by atoms with Crippen LogP contribution in [0.25, 0.3) is 22.4 Å². The molecule has 1 N–H and O–H groups in total. The lowest BCUT2D eigenvalue weighted by molar-refractivity contribution is -0.137. The van der Waals surface area contributed by atoms with Crippen molar-refractivity contribution >= 4 is 28.5 Å². The Bertz CT molecular complexity index is 1360. The van der Waals surface area contributed by atoms with Crippen LogP contribution in [0.5, 0.6) is 0 Å². The number of hydrogen-bond donors (Lipinski definition) is 1. The molecule has 0 saturated heterocycles. The van der Waals surface area contributed by atoms with Crippen LogP contribution in [0.3, 0.4) is 0 Å². The largest absolute Gasteiger partial charge is 0.416 e. The van der Waals surface area contributed by atoms with Crippen LogP contribution in [0.2, 0.25) is 5.02 Å². The van der Waals surface area contributed by atoms with E-state index in [1.165, 1.54) is 12.1 Å². The zero-order valence-corrected chi connectivity index (χ0v) is 20.2. The molecule has 36 heavy (non-hydrogen) atoms. The summed E-state index contributed by atoms with van der Waals surface area (Å²) in [5, 5.41) is 3.74. The summed E-state index contributed by atoms with van der Waals surface area (Å²) in [4.78, 5) is 18.7. The fraction of sp³-hybridized carbons (Fsp3) is 0.286. The highest BCUT2D eigenvalue weighted by atomic mass is 35.5. The summed E-state index contributed by atoms with van der Waals surface area (Å²) in [5.41, 5.74) is 1.84. The number of nitrogens with one attached hydrogen (secondary N) is 1. The van der Waals surface area contributed by atoms with Crippen molar-refractivity contribution in [1.82, 2.24) is 14.9 Å². The molecule has 0 aliphatic heterocycles. The monoisotopic (exact) mass is 511 g/mol. The second-order valence-electron chi connectivity index (χ2n) is 9.17. The third-order valence-electron chi connectivity index (χ3n) is 6.71. The molecule has 1 amide bonds. The van der Waals surface area contributed by atoms with Crippen molar-refractivity contribution in [3.8, 4) is 11.4 Å². The van der Waals surface area contributed by atoms with Crippen LogP contribution in [0.15, 0.2) is 72.8 Å². The molecule has 8 heteroatoms. The van der Waals surface area contributed by atoms with Gasteiger partial charge in [0.2, 0.25) is 5.91 Å². The number of nitrogens with zero attached hydrogens (tertiary/aromatic N) is 2. The molecule has 0 bridgehead atoms. The van der Waals surface area contributed by atoms with E-state index in [1.807, 2.05) is 41.0 Å². The Morgan fingerprint density at radius 1 is 0.944 bits per heavy atom. The molecule has 186 valence electrons. The fourth-order valence-corrected chi connectivity index (χ4v) is 5.03. The minimum Gasteiger partial charge on any atom is -0.351 e. The highest BCUT2D eigenvalue weighted by Gasteiger charge is 2.33. The first kappa shape index (κ1) is 24.4. The molecule has 0 spiro atoms. The summed E-state index contributed by atoms with van der Waals surface area (Å²) in [6.07, 6.45) is 0.538. The number of rotatable bonds is 5. The first-order valence-corrected chi connectivity index (χ1v) is 12.4. The first-order valence-electron chi connectivity index (χ1n) is 12.0. The number of hydrogen-bond acceptors (Lipinski definition) is 2. The molecule has 4 nitrogen and oxygen atoms in total. The van der Waals surface area contributed by atoms with Gasteiger partial charge in [-0.15, -0.1) is 0 Å². The molecule has 5 rings (SSSR count). The van der Waals surface area contributed by atoms with Gasteiger partial charge < -0.3 is 9.88 Å². The topological polar surface area (TPSA) is 46.9 Å². The van der Waals surface area contributed by atoms with Crippen molar-refractivity contribution < 1.29 is 18.0 Å². The molecule has 1 aliphatic rings. The van der Waals surface area contributed by atoms with Crippen molar-refractivity contribution in [2.45, 2.75) is 50.4 Å². The van der Waals surface area contributed by atoms with Gasteiger partial charge in [0, 0.05) is 16.6 Å². The number of benzene rings is 3. The van der Waals surface area contributed by atoms with Gasteiger partial charge in [-0.25, -0.2) is 4.98 Å². The van der Waals surface area contributed by atoms with Gasteiger partial charge in [-0.2, -0.15) is 13.2 Å². The Labute approximate surface area is 212 Å². The van der Waals surface area contributed by atoms with E-state index in [0.29, 0.717) is 27.4 Å². The zero-order valence-electron chi connectivity index (χ0n) is 19.4. The van der Waals surface area contributed by atoms with Gasteiger partial charge in [0.25, 0.3) is 0 Å². The van der Waals surface area contributed by atoms with Crippen LogP contribution in [-0.2, 0) is 11.0 Å². The number of alkyl halides is 3. The molecule has 1 heterocycles. The quantitative estimate of drug-likeness (QED) is 0.303. The molecule has 1 saturated carbocycles. The molecule has 1 unspecified atom stereocenters. The van der Waals surface area contributed by atoms with E-state index in [-0.39, 0.29) is 11.9 Å². The van der Waals surface area contributed by atoms with Crippen LogP contribution >= 0.6 is 11.6 Å². The van der Waals surface area contributed by atoms with Crippen molar-refractivity contribution in [3.63, 3.8) is 0 Å². The van der Waals surface area contributed by atoms with E-state index >= 15 is 0 Å². The van der Waals surface area contributed by atoms with Gasteiger partial charge in [0.15, 0.2) is 0 Å². The van der Waals surface area contributed by atoms with Gasteiger partial charge in [0.1, 0.15) is 11.9 Å². The van der Waals surface area contributed by atoms with E-state index in [2.05, 4.69) is 5.32 Å². The normalized spacial score (nSPS) is 15.7. The number of fused-ring (bicyclic) bond motifs is 1. The number of carbonyl (C=O) groups excluding carboxylic acids is 1. The lowest BCUT2D eigenvalue weighted by Gasteiger charge is -2.27. The predicted octanol–water partition coefficient (Wildman–Crippen LogP) is 7.41. The van der Waals surface area contributed by atoms with Crippen molar-refractivity contribution in [3.05, 3.63) is 88.9 Å². The molecular formula is C28H25ClF3N3O. The summed E-state index contributed by atoms with van der Waals surface area (Å²) in [6, 6.07) is 18.5. The zero-order chi connectivity index (χ0) is 25.3. The number of halogens is 4. The average molecular weight is 512 g/mol. The van der Waals surface area contributed by atoms with Gasteiger partial charge in [-0.05, 0) is 66.9 Å². The number of para-hydroxylation sites is 2. The summed E-state index contributed by atoms with van der Waals surface area (Å²) in [7, 11) is 0. The molecule has 1 aromatic heterocycles. The first-order chi connectivity index (χ1) is 17.3. The number of amides is 1. The smallest absolute Gasteiger partial charge is 0.351 e. The minimum atomic E-state index is -4.46. The number of carbonyl (C=O) groups is 1. The Balaban J connectivity index is 1.67. The molecule has 1 atom stereocenters. The third-order valence-corrected chi connectivity index (χ3v) is 6.96. The highest BCUT2D eigenvalue weighted by molar-refractivity contribution is 6.30. The minimum absolute atomic E-state index is 0.0389. The summed E-state index contributed by atoms with van der Waals surface area (Å²) >= 11 is 6.10. The van der Waals surface area contributed by atoms with Gasteiger partial charge >= 0.3 is 6.18 Å². The second kappa shape index (κ2) is 9.97. The van der Waals surface area contributed by atoms with E-state index in [4.69, 9.17) is 16.6 Å². The van der Waals surface area contributed by atoms with Crippen molar-refractivity contribution in [2.75, 3.05) is 0 Å². The van der Waals surface area contributed by atoms with E-state index in [9.17, 15) is 18.0 Å². The van der Waals surface area contributed by atoms with Gasteiger partial charge in [-0.3, -0.25) is 4.79 Å². The van der Waals surface area contributed by atoms with Crippen LogP contribution in [0, 0.1) is 0 Å². The average Bonchev–Trinajstić information content (AvgIpc) is 3.24. The lowest BCUT2D eigenvalue weighted by Crippen LogP contribution is -2.41. The fourth-order valence-electron chi connectivity index (χ4n) is 4.91. The van der Waals surface area contributed by atoms with Crippen LogP contribution in [0.1, 0.15) is 49.3 Å². The lowest BCUT2D eigenvalue weighted by atomic mass is 9.94. The standard InChI is InChI=1S/C28H25ClF3N3O/c29-21-16-12-19(13-17-21)26-34-23-8-4-5-9-24(23)35(26)25(27(36)33-22-6-2-1-3-7-22)18-10-14-20(15-11-18)28(30,31)32/h4-5,8-17,22,25H,1-3,6-7H2,(H,33,36). The van der Waals surface area contributed by atoms with Gasteiger partial charge in [-0.1, -0.05) is 55.1 Å². The third kappa shape index (κ3) is 4.98. The van der Waals surface area contributed by atoms with Crippen molar-refractivity contribution in [1.29, 1.82) is 0 Å². The van der Waals surface area contributed by atoms with E-state index in [1.54, 1.807) is 12.1 Å². The van der Waals surface area contributed by atoms with E-state index in [0.717, 1.165) is 49.8 Å². The molecule has 1 aliphatic carbocycles. The number of aromatic nitrogens is 2. The van der Waals surface area contributed by atoms with Crippen molar-refractivity contribution in [2.24, 2.45) is 0 Å². The Morgan fingerprint density at radius 2 is 1.61 bits per heavy atom. The molecule has 3 aromatic carbocycles. The molecule has 1 fully saturated rings. The molecular weight excluding hydrogens is 487 g/mol. The molecule has 4 aromatic rings. The highest BCUT2D eigenvalue weighted by Crippen LogP contribution is 2.35. The van der Waals surface area contributed by atoms with E-state index < -0.39 is 17.8 Å². The Morgan fingerprint density at radius 3 is 2.28 bits per heavy atom. The molecule has 0 radical (unpaired) electrons. The SMILES string of the molecule is O=C(NC1CCCCC1)C(c1ccc(C(F)(F)F)cc1)n1c(-c2ccc(Cl)cc2)nc2ccccc21. The second-order valence-corrected chi connectivity index (χ2v) is 9.60. The van der Waals surface area contributed by atoms with Crippen LogP contribution < -0.4 is 5.32 Å². The Kier molecular flexibility index (Phi) is 6.75. The predicted molar refractivity (Wildman–Crippen MR) is 135 cm³/mol. The summed E-state index contributed by atoms with van der Waals surface area (Å²) in [5.74, 6) is 0.275. The maximum Gasteiger partial charge on any atom is 0.416 e. The summed E-state index contributed by atoms with van der Waals surface area (Å²) < 4.78 is 41.7. The van der Waals surface area contributed by atoms with Crippen LogP contribution in [0.4, 0.5) is 13.2 Å².